The van der Waals surface area contributed by atoms with Gasteiger partial charge >= 0.3 is 0 Å². The van der Waals surface area contributed by atoms with Gasteiger partial charge in [-0.1, -0.05) is 39.1 Å². The summed E-state index contributed by atoms with van der Waals surface area (Å²) in [7, 11) is 1.64. The van der Waals surface area contributed by atoms with Gasteiger partial charge in [0.15, 0.2) is 0 Å². The van der Waals surface area contributed by atoms with E-state index in [-0.39, 0.29) is 0 Å². The lowest BCUT2D eigenvalue weighted by Gasteiger charge is -2.12. The zero-order valence-corrected chi connectivity index (χ0v) is 13.3. The molecule has 0 aliphatic carbocycles. The van der Waals surface area contributed by atoms with Gasteiger partial charge < -0.3 is 10.1 Å². The maximum Gasteiger partial charge on any atom is 0.123 e. The number of hydrogen-bond acceptors (Lipinski definition) is 2. The van der Waals surface area contributed by atoms with Crippen LogP contribution in [-0.2, 0) is 6.54 Å². The Morgan fingerprint density at radius 2 is 1.95 bits per heavy atom. The average molecular weight is 361 g/mol. The highest BCUT2D eigenvalue weighted by molar-refractivity contribution is 9.10. The molecule has 2 rings (SSSR count). The molecule has 0 heterocycles. The number of rotatable bonds is 4. The summed E-state index contributed by atoms with van der Waals surface area (Å²) in [5.74, 6) is 0.794. The quantitative estimate of drug-likeness (QED) is 0.790. The normalized spacial score (nSPS) is 10.3. The van der Waals surface area contributed by atoms with E-state index in [0.29, 0.717) is 16.6 Å². The Bertz CT molecular complexity index is 590. The molecule has 0 radical (unpaired) electrons. The monoisotopic (exact) mass is 359 g/mol. The molecule has 0 atom stereocenters. The van der Waals surface area contributed by atoms with Crippen molar-refractivity contribution in [2.24, 2.45) is 0 Å². The molecule has 0 aliphatic rings. The number of halogens is 3. The van der Waals surface area contributed by atoms with Crippen LogP contribution in [-0.4, -0.2) is 7.11 Å². The molecular weight excluding hydrogens is 349 g/mol. The highest BCUT2D eigenvalue weighted by atomic mass is 79.9. The first-order valence-electron chi connectivity index (χ1n) is 5.61. The van der Waals surface area contributed by atoms with Gasteiger partial charge in [0.1, 0.15) is 5.75 Å². The van der Waals surface area contributed by atoms with Gasteiger partial charge in [0, 0.05) is 21.6 Å². The summed E-state index contributed by atoms with van der Waals surface area (Å²) in [6.07, 6.45) is 0. The predicted molar refractivity (Wildman–Crippen MR) is 84.5 cm³/mol. The number of nitrogens with one attached hydrogen (secondary N) is 1. The Labute approximate surface area is 130 Å². The second-order valence-corrected chi connectivity index (χ2v) is 5.69. The molecule has 0 spiro atoms. The van der Waals surface area contributed by atoms with E-state index in [0.717, 1.165) is 21.5 Å². The lowest BCUT2D eigenvalue weighted by Crippen LogP contribution is -2.02. The van der Waals surface area contributed by atoms with E-state index in [1.165, 1.54) is 0 Å². The van der Waals surface area contributed by atoms with Crippen LogP contribution in [0.15, 0.2) is 40.9 Å². The molecule has 2 aromatic rings. The number of anilines is 1. The van der Waals surface area contributed by atoms with Crippen molar-refractivity contribution in [2.75, 3.05) is 12.4 Å². The minimum Gasteiger partial charge on any atom is -0.496 e. The van der Waals surface area contributed by atoms with Crippen LogP contribution in [0.25, 0.3) is 0 Å². The summed E-state index contributed by atoms with van der Waals surface area (Å²) in [5.41, 5.74) is 1.84. The fourth-order valence-corrected chi connectivity index (χ4v) is 2.45. The van der Waals surface area contributed by atoms with Gasteiger partial charge in [-0.05, 0) is 36.4 Å². The first-order chi connectivity index (χ1) is 9.10. The van der Waals surface area contributed by atoms with Crippen molar-refractivity contribution >= 4 is 44.8 Å². The molecule has 0 bridgehead atoms. The van der Waals surface area contributed by atoms with Crippen LogP contribution < -0.4 is 10.1 Å². The first kappa shape index (κ1) is 14.5. The van der Waals surface area contributed by atoms with Crippen molar-refractivity contribution in [3.8, 4) is 5.75 Å². The Morgan fingerprint density at radius 3 is 2.68 bits per heavy atom. The smallest absolute Gasteiger partial charge is 0.123 e. The minimum atomic E-state index is 0.583. The molecule has 0 fully saturated rings. The molecular formula is C14H12BrCl2NO. The third-order valence-electron chi connectivity index (χ3n) is 2.64. The van der Waals surface area contributed by atoms with Crippen LogP contribution >= 0.6 is 39.1 Å². The van der Waals surface area contributed by atoms with Crippen molar-refractivity contribution in [2.45, 2.75) is 6.54 Å². The molecule has 0 unspecified atom stereocenters. The van der Waals surface area contributed by atoms with Gasteiger partial charge in [-0.15, -0.1) is 0 Å². The van der Waals surface area contributed by atoms with E-state index in [1.54, 1.807) is 13.2 Å². The highest BCUT2D eigenvalue weighted by Gasteiger charge is 2.06. The Kier molecular flexibility index (Phi) is 4.97. The van der Waals surface area contributed by atoms with E-state index < -0.39 is 0 Å². The van der Waals surface area contributed by atoms with E-state index in [4.69, 9.17) is 27.9 Å². The lowest BCUT2D eigenvalue weighted by molar-refractivity contribution is 0.410. The molecule has 100 valence electrons. The molecule has 1 N–H and O–H groups in total. The van der Waals surface area contributed by atoms with Crippen LogP contribution in [0.4, 0.5) is 5.69 Å². The van der Waals surface area contributed by atoms with Crippen LogP contribution in [0.1, 0.15) is 5.56 Å². The minimum absolute atomic E-state index is 0.583. The van der Waals surface area contributed by atoms with Gasteiger partial charge in [0.05, 0.1) is 17.8 Å². The molecule has 0 aliphatic heterocycles. The van der Waals surface area contributed by atoms with Crippen molar-refractivity contribution in [3.05, 3.63) is 56.5 Å². The van der Waals surface area contributed by atoms with Gasteiger partial charge in [-0.25, -0.2) is 0 Å². The van der Waals surface area contributed by atoms with Crippen molar-refractivity contribution in [3.63, 3.8) is 0 Å². The maximum atomic E-state index is 6.13. The SMILES string of the molecule is COc1ccc(Cl)cc1CNc1cc(Br)ccc1Cl. The Hall–Kier alpha value is -0.900. The molecule has 0 amide bonds. The zero-order chi connectivity index (χ0) is 13.8. The Morgan fingerprint density at radius 1 is 1.16 bits per heavy atom. The number of hydrogen-bond donors (Lipinski definition) is 1. The van der Waals surface area contributed by atoms with Gasteiger partial charge in [-0.2, -0.15) is 0 Å². The number of methoxy groups -OCH3 is 1. The summed E-state index contributed by atoms with van der Waals surface area (Å²) in [5, 5.41) is 4.62. The number of benzene rings is 2. The molecule has 2 nitrogen and oxygen atoms in total. The van der Waals surface area contributed by atoms with E-state index in [9.17, 15) is 0 Å². The third kappa shape index (κ3) is 3.78. The molecule has 2 aromatic carbocycles. The second-order valence-electron chi connectivity index (χ2n) is 3.93. The largest absolute Gasteiger partial charge is 0.496 e. The maximum absolute atomic E-state index is 6.13. The van der Waals surface area contributed by atoms with Crippen molar-refractivity contribution < 1.29 is 4.74 Å². The lowest BCUT2D eigenvalue weighted by atomic mass is 10.2. The van der Waals surface area contributed by atoms with Gasteiger partial charge in [0.2, 0.25) is 0 Å². The summed E-state index contributed by atoms with van der Waals surface area (Å²) >= 11 is 15.5. The standard InChI is InChI=1S/C14H12BrCl2NO/c1-19-14-5-3-11(16)6-9(14)8-18-13-7-10(15)2-4-12(13)17/h2-7,18H,8H2,1H3. The van der Waals surface area contributed by atoms with Crippen LogP contribution in [0.2, 0.25) is 10.0 Å². The van der Waals surface area contributed by atoms with Crippen molar-refractivity contribution in [1.82, 2.24) is 0 Å². The molecule has 0 aromatic heterocycles. The van der Waals surface area contributed by atoms with E-state index in [1.807, 2.05) is 30.3 Å². The summed E-state index contributed by atoms with van der Waals surface area (Å²) < 4.78 is 6.27. The molecule has 5 heteroatoms. The van der Waals surface area contributed by atoms with E-state index >= 15 is 0 Å². The zero-order valence-electron chi connectivity index (χ0n) is 10.2. The molecule has 19 heavy (non-hydrogen) atoms. The first-order valence-corrected chi connectivity index (χ1v) is 7.16. The van der Waals surface area contributed by atoms with Gasteiger partial charge in [0.25, 0.3) is 0 Å². The van der Waals surface area contributed by atoms with Crippen LogP contribution in [0, 0.1) is 0 Å². The fraction of sp³-hybridized carbons (Fsp3) is 0.143. The second kappa shape index (κ2) is 6.51. The third-order valence-corrected chi connectivity index (χ3v) is 3.70. The number of ether oxygens (including phenoxy) is 1. The average Bonchev–Trinajstić information content (AvgIpc) is 2.40. The fourth-order valence-electron chi connectivity index (χ4n) is 1.71. The van der Waals surface area contributed by atoms with Crippen molar-refractivity contribution in [1.29, 1.82) is 0 Å². The molecule has 0 saturated heterocycles. The topological polar surface area (TPSA) is 21.3 Å². The van der Waals surface area contributed by atoms with Crippen LogP contribution in [0.3, 0.4) is 0 Å². The van der Waals surface area contributed by atoms with Crippen LogP contribution in [0.5, 0.6) is 5.75 Å². The molecule has 0 saturated carbocycles. The summed E-state index contributed by atoms with van der Waals surface area (Å²) in [4.78, 5) is 0. The summed E-state index contributed by atoms with van der Waals surface area (Å²) in [6, 6.07) is 11.2. The summed E-state index contributed by atoms with van der Waals surface area (Å²) in [6.45, 7) is 0.583. The predicted octanol–water partition coefficient (Wildman–Crippen LogP) is 5.38. The Balaban J connectivity index is 2.18. The highest BCUT2D eigenvalue weighted by Crippen LogP contribution is 2.28. The van der Waals surface area contributed by atoms with Gasteiger partial charge in [-0.3, -0.25) is 0 Å². The van der Waals surface area contributed by atoms with E-state index in [2.05, 4.69) is 21.2 Å².